The molecule has 0 saturated heterocycles. The first-order valence-corrected chi connectivity index (χ1v) is 11.7. The predicted molar refractivity (Wildman–Crippen MR) is 132 cm³/mol. The number of aromatic nitrogens is 1. The summed E-state index contributed by atoms with van der Waals surface area (Å²) < 4.78 is 10.9. The molecule has 1 aliphatic heterocycles. The fourth-order valence-corrected chi connectivity index (χ4v) is 4.68. The first-order valence-electron chi connectivity index (χ1n) is 11.7. The van der Waals surface area contributed by atoms with Crippen LogP contribution in [0.15, 0.2) is 36.4 Å². The maximum absolute atomic E-state index is 13.4. The van der Waals surface area contributed by atoms with E-state index in [1.807, 2.05) is 36.4 Å². The topological polar surface area (TPSA) is 83.7 Å². The number of carbonyl (C=O) groups is 2. The van der Waals surface area contributed by atoms with Crippen molar-refractivity contribution in [2.45, 2.75) is 50.9 Å². The first-order chi connectivity index (χ1) is 16.1. The van der Waals surface area contributed by atoms with Gasteiger partial charge in [0.15, 0.2) is 11.5 Å². The molecule has 2 N–H and O–H groups in total. The number of nitrogens with one attached hydrogen (secondary N) is 2. The van der Waals surface area contributed by atoms with Gasteiger partial charge in [-0.2, -0.15) is 0 Å². The third kappa shape index (κ3) is 3.79. The molecule has 2 amide bonds. The van der Waals surface area contributed by atoms with Crippen molar-refractivity contribution in [3.63, 3.8) is 0 Å². The third-order valence-corrected chi connectivity index (χ3v) is 6.85. The molecular formula is C27H31N3O4. The SMILES string of the molecule is CN(C)C(=O)Cc1c(C(C)(C)C)[nH]c2ccc(NC(=O)C3(c4ccc5c(c4)OCO5)CC3)cc12. The third-order valence-electron chi connectivity index (χ3n) is 6.85. The summed E-state index contributed by atoms with van der Waals surface area (Å²) in [5.74, 6) is 1.42. The minimum absolute atomic E-state index is 0.0248. The van der Waals surface area contributed by atoms with Crippen molar-refractivity contribution < 1.29 is 19.1 Å². The van der Waals surface area contributed by atoms with E-state index < -0.39 is 5.41 Å². The van der Waals surface area contributed by atoms with Gasteiger partial charge in [0.05, 0.1) is 11.8 Å². The van der Waals surface area contributed by atoms with E-state index in [1.165, 1.54) is 0 Å². The minimum Gasteiger partial charge on any atom is -0.454 e. The van der Waals surface area contributed by atoms with Crippen LogP contribution in [0.2, 0.25) is 0 Å². The number of aromatic amines is 1. The molecule has 178 valence electrons. The number of carbonyl (C=O) groups excluding carboxylic acids is 2. The molecule has 3 aromatic rings. The number of benzene rings is 2. The Morgan fingerprint density at radius 3 is 2.47 bits per heavy atom. The van der Waals surface area contributed by atoms with Crippen molar-refractivity contribution in [3.8, 4) is 11.5 Å². The highest BCUT2D eigenvalue weighted by atomic mass is 16.7. The Kier molecular flexibility index (Phi) is 5.11. The Bertz CT molecular complexity index is 1300. The van der Waals surface area contributed by atoms with E-state index in [9.17, 15) is 9.59 Å². The predicted octanol–water partition coefficient (Wildman–Crippen LogP) is 4.50. The monoisotopic (exact) mass is 461 g/mol. The number of H-pyrrole nitrogens is 1. The number of hydrogen-bond donors (Lipinski definition) is 2. The molecule has 2 heterocycles. The van der Waals surface area contributed by atoms with Crippen LogP contribution in [-0.4, -0.2) is 42.6 Å². The van der Waals surface area contributed by atoms with Crippen LogP contribution in [0.1, 0.15) is 50.4 Å². The number of fused-ring (bicyclic) bond motifs is 2. The van der Waals surface area contributed by atoms with Gasteiger partial charge in [0.1, 0.15) is 0 Å². The Balaban J connectivity index is 1.46. The summed E-state index contributed by atoms with van der Waals surface area (Å²) in [6.45, 7) is 6.61. The van der Waals surface area contributed by atoms with Crippen LogP contribution in [0.25, 0.3) is 10.9 Å². The highest BCUT2D eigenvalue weighted by molar-refractivity contribution is 6.03. The van der Waals surface area contributed by atoms with Gasteiger partial charge in [-0.05, 0) is 54.3 Å². The first kappa shape index (κ1) is 22.3. The molecule has 0 spiro atoms. The van der Waals surface area contributed by atoms with E-state index in [4.69, 9.17) is 9.47 Å². The maximum atomic E-state index is 13.4. The van der Waals surface area contributed by atoms with Gasteiger partial charge < -0.3 is 24.7 Å². The molecule has 34 heavy (non-hydrogen) atoms. The van der Waals surface area contributed by atoms with Gasteiger partial charge in [0, 0.05) is 41.8 Å². The summed E-state index contributed by atoms with van der Waals surface area (Å²) in [6.07, 6.45) is 1.89. The lowest BCUT2D eigenvalue weighted by Gasteiger charge is -2.20. The molecule has 0 bridgehead atoms. The standard InChI is InChI=1S/C27H31N3O4/c1-26(2,3)24-19(14-23(31)30(4)5)18-13-17(7-8-20(18)29-24)28-25(32)27(10-11-27)16-6-9-21-22(12-16)34-15-33-21/h6-9,12-13,29H,10-11,14-15H2,1-5H3,(H,28,32). The molecule has 7 nitrogen and oxygen atoms in total. The average molecular weight is 462 g/mol. The smallest absolute Gasteiger partial charge is 0.235 e. The quantitative estimate of drug-likeness (QED) is 0.586. The van der Waals surface area contributed by atoms with Crippen LogP contribution in [0, 0.1) is 0 Å². The summed E-state index contributed by atoms with van der Waals surface area (Å²) in [5.41, 5.74) is 3.96. The zero-order chi connectivity index (χ0) is 24.3. The number of rotatable bonds is 5. The number of hydrogen-bond acceptors (Lipinski definition) is 4. The van der Waals surface area contributed by atoms with E-state index in [0.717, 1.165) is 46.3 Å². The Labute approximate surface area is 199 Å². The lowest BCUT2D eigenvalue weighted by atomic mass is 9.87. The second kappa shape index (κ2) is 7.79. The highest BCUT2D eigenvalue weighted by Crippen LogP contribution is 2.51. The van der Waals surface area contributed by atoms with Crippen LogP contribution in [0.4, 0.5) is 5.69 Å². The fraction of sp³-hybridized carbons (Fsp3) is 0.407. The van der Waals surface area contributed by atoms with Gasteiger partial charge in [-0.15, -0.1) is 0 Å². The number of nitrogens with zero attached hydrogens (tertiary/aromatic N) is 1. The lowest BCUT2D eigenvalue weighted by molar-refractivity contribution is -0.128. The minimum atomic E-state index is -0.547. The molecule has 7 heteroatoms. The molecule has 1 saturated carbocycles. The summed E-state index contributed by atoms with van der Waals surface area (Å²) in [5, 5.41) is 4.10. The number of anilines is 1. The maximum Gasteiger partial charge on any atom is 0.235 e. The second-order valence-corrected chi connectivity index (χ2v) is 10.6. The largest absolute Gasteiger partial charge is 0.454 e. The molecule has 5 rings (SSSR count). The normalized spacial score (nSPS) is 15.9. The molecule has 0 atom stereocenters. The van der Waals surface area contributed by atoms with Crippen LogP contribution in [0.5, 0.6) is 11.5 Å². The van der Waals surface area contributed by atoms with Crippen LogP contribution >= 0.6 is 0 Å². The van der Waals surface area contributed by atoms with Crippen LogP contribution in [-0.2, 0) is 26.8 Å². The Morgan fingerprint density at radius 2 is 1.79 bits per heavy atom. The fourth-order valence-electron chi connectivity index (χ4n) is 4.68. The average Bonchev–Trinajstić information content (AvgIpc) is 3.32. The zero-order valence-corrected chi connectivity index (χ0v) is 20.4. The van der Waals surface area contributed by atoms with Crippen molar-refractivity contribution >= 4 is 28.4 Å². The Hall–Kier alpha value is -3.48. The summed E-state index contributed by atoms with van der Waals surface area (Å²) >= 11 is 0. The van der Waals surface area contributed by atoms with Gasteiger partial charge >= 0.3 is 0 Å². The Morgan fingerprint density at radius 1 is 1.06 bits per heavy atom. The van der Waals surface area contributed by atoms with Crippen LogP contribution < -0.4 is 14.8 Å². The highest BCUT2D eigenvalue weighted by Gasteiger charge is 2.51. The molecule has 1 fully saturated rings. The van der Waals surface area contributed by atoms with Gasteiger partial charge in [-0.1, -0.05) is 26.8 Å². The van der Waals surface area contributed by atoms with Gasteiger partial charge in [0.2, 0.25) is 18.6 Å². The molecule has 2 aromatic carbocycles. The molecule has 1 aliphatic carbocycles. The van der Waals surface area contributed by atoms with Gasteiger partial charge in [-0.25, -0.2) is 0 Å². The van der Waals surface area contributed by atoms with Crippen LogP contribution in [0.3, 0.4) is 0 Å². The molecule has 1 aromatic heterocycles. The van der Waals surface area contributed by atoms with E-state index in [-0.39, 0.29) is 24.0 Å². The summed E-state index contributed by atoms with van der Waals surface area (Å²) in [4.78, 5) is 31.1. The van der Waals surface area contributed by atoms with E-state index in [1.54, 1.807) is 19.0 Å². The van der Waals surface area contributed by atoms with E-state index in [0.29, 0.717) is 17.9 Å². The number of likely N-dealkylation sites (N-methyl/N-ethyl adjacent to an activating group) is 1. The molecule has 0 radical (unpaired) electrons. The van der Waals surface area contributed by atoms with Crippen molar-refractivity contribution in [3.05, 3.63) is 53.2 Å². The van der Waals surface area contributed by atoms with E-state index >= 15 is 0 Å². The van der Waals surface area contributed by atoms with Crippen molar-refractivity contribution in [2.24, 2.45) is 0 Å². The molecular weight excluding hydrogens is 430 g/mol. The lowest BCUT2D eigenvalue weighted by Crippen LogP contribution is -2.27. The zero-order valence-electron chi connectivity index (χ0n) is 20.4. The summed E-state index contributed by atoms with van der Waals surface area (Å²) in [6, 6.07) is 11.6. The van der Waals surface area contributed by atoms with Crippen molar-refractivity contribution in [2.75, 3.05) is 26.2 Å². The second-order valence-electron chi connectivity index (χ2n) is 10.6. The van der Waals surface area contributed by atoms with Crippen molar-refractivity contribution in [1.82, 2.24) is 9.88 Å². The molecule has 2 aliphatic rings. The number of ether oxygens (including phenoxy) is 2. The summed E-state index contributed by atoms with van der Waals surface area (Å²) in [7, 11) is 3.54. The van der Waals surface area contributed by atoms with Gasteiger partial charge in [0.25, 0.3) is 0 Å². The molecule has 0 unspecified atom stereocenters. The van der Waals surface area contributed by atoms with E-state index in [2.05, 4.69) is 31.1 Å². The number of amides is 2. The van der Waals surface area contributed by atoms with Crippen molar-refractivity contribution in [1.29, 1.82) is 0 Å². The van der Waals surface area contributed by atoms with Gasteiger partial charge in [-0.3, -0.25) is 9.59 Å².